The van der Waals surface area contributed by atoms with E-state index in [4.69, 9.17) is 23.2 Å². The van der Waals surface area contributed by atoms with Gasteiger partial charge in [-0.2, -0.15) is 0 Å². The molecular formula is C15H19Cl2N3. The van der Waals surface area contributed by atoms with Crippen LogP contribution in [0, 0.1) is 0 Å². The topological polar surface area (TPSA) is 29.9 Å². The SMILES string of the molecule is CCCNC(Cc1ccc(Cl)cc1Cl)c1cn(C)cn1. The standard InChI is InChI=1S/C15H19Cl2N3/c1-3-6-18-14(15-9-20(2)10-19-15)7-11-4-5-12(16)8-13(11)17/h4-5,8-10,14,18H,3,6-7H2,1-2H3. The average Bonchev–Trinajstić information content (AvgIpc) is 2.83. The summed E-state index contributed by atoms with van der Waals surface area (Å²) < 4.78 is 1.96. The van der Waals surface area contributed by atoms with Crippen molar-refractivity contribution in [3.8, 4) is 0 Å². The zero-order chi connectivity index (χ0) is 14.5. The molecule has 1 atom stereocenters. The van der Waals surface area contributed by atoms with Gasteiger partial charge in [0.05, 0.1) is 18.1 Å². The second-order valence-electron chi connectivity index (χ2n) is 4.91. The van der Waals surface area contributed by atoms with E-state index in [1.54, 1.807) is 6.07 Å². The van der Waals surface area contributed by atoms with E-state index in [0.717, 1.165) is 30.6 Å². The minimum absolute atomic E-state index is 0.162. The van der Waals surface area contributed by atoms with Crippen molar-refractivity contribution in [3.63, 3.8) is 0 Å². The summed E-state index contributed by atoms with van der Waals surface area (Å²) in [5.41, 5.74) is 2.11. The van der Waals surface area contributed by atoms with Gasteiger partial charge in [0.25, 0.3) is 0 Å². The Morgan fingerprint density at radius 3 is 2.75 bits per heavy atom. The fraction of sp³-hybridized carbons (Fsp3) is 0.400. The smallest absolute Gasteiger partial charge is 0.0947 e. The van der Waals surface area contributed by atoms with Crippen LogP contribution >= 0.6 is 23.2 Å². The second kappa shape index (κ2) is 7.11. The van der Waals surface area contributed by atoms with Gasteiger partial charge >= 0.3 is 0 Å². The minimum Gasteiger partial charge on any atom is -0.340 e. The third-order valence-corrected chi connectivity index (χ3v) is 3.75. The van der Waals surface area contributed by atoms with E-state index in [9.17, 15) is 0 Å². The molecule has 1 heterocycles. The summed E-state index contributed by atoms with van der Waals surface area (Å²) >= 11 is 12.2. The molecule has 1 unspecified atom stereocenters. The van der Waals surface area contributed by atoms with Crippen molar-refractivity contribution in [3.05, 3.63) is 52.0 Å². The number of nitrogens with one attached hydrogen (secondary N) is 1. The normalized spacial score (nSPS) is 12.6. The van der Waals surface area contributed by atoms with Crippen molar-refractivity contribution in [1.82, 2.24) is 14.9 Å². The quantitative estimate of drug-likeness (QED) is 0.873. The molecule has 0 fully saturated rings. The molecule has 0 radical (unpaired) electrons. The summed E-state index contributed by atoms with van der Waals surface area (Å²) in [4.78, 5) is 4.44. The van der Waals surface area contributed by atoms with Crippen LogP contribution in [-0.2, 0) is 13.5 Å². The number of aryl methyl sites for hydroxylation is 1. The Balaban J connectivity index is 2.18. The molecule has 2 aromatic rings. The molecule has 0 amide bonds. The van der Waals surface area contributed by atoms with E-state index in [-0.39, 0.29) is 6.04 Å². The summed E-state index contributed by atoms with van der Waals surface area (Å²) in [7, 11) is 1.97. The molecular weight excluding hydrogens is 293 g/mol. The fourth-order valence-corrected chi connectivity index (χ4v) is 2.61. The molecule has 2 rings (SSSR count). The lowest BCUT2D eigenvalue weighted by Gasteiger charge is -2.17. The van der Waals surface area contributed by atoms with Gasteiger partial charge in [-0.25, -0.2) is 4.98 Å². The first-order valence-electron chi connectivity index (χ1n) is 6.75. The molecule has 1 aromatic carbocycles. The Hall–Kier alpha value is -1.03. The van der Waals surface area contributed by atoms with Gasteiger partial charge in [0, 0.05) is 23.3 Å². The van der Waals surface area contributed by atoms with Gasteiger partial charge in [-0.05, 0) is 37.1 Å². The van der Waals surface area contributed by atoms with Crippen molar-refractivity contribution in [2.24, 2.45) is 7.05 Å². The Morgan fingerprint density at radius 1 is 1.35 bits per heavy atom. The maximum Gasteiger partial charge on any atom is 0.0947 e. The molecule has 0 aliphatic carbocycles. The summed E-state index contributed by atoms with van der Waals surface area (Å²) in [6.07, 6.45) is 5.74. The highest BCUT2D eigenvalue weighted by Crippen LogP contribution is 2.25. The predicted molar refractivity (Wildman–Crippen MR) is 84.4 cm³/mol. The summed E-state index contributed by atoms with van der Waals surface area (Å²) in [5.74, 6) is 0. The van der Waals surface area contributed by atoms with Crippen molar-refractivity contribution in [2.75, 3.05) is 6.54 Å². The Morgan fingerprint density at radius 2 is 2.15 bits per heavy atom. The van der Waals surface area contributed by atoms with Gasteiger partial charge in [-0.3, -0.25) is 0 Å². The molecule has 0 saturated carbocycles. The van der Waals surface area contributed by atoms with Crippen LogP contribution in [0.2, 0.25) is 10.0 Å². The number of imidazole rings is 1. The van der Waals surface area contributed by atoms with Crippen LogP contribution in [-0.4, -0.2) is 16.1 Å². The Kier molecular flexibility index (Phi) is 5.46. The molecule has 0 bridgehead atoms. The molecule has 0 saturated heterocycles. The fourth-order valence-electron chi connectivity index (χ4n) is 2.12. The number of halogens is 2. The molecule has 3 nitrogen and oxygen atoms in total. The van der Waals surface area contributed by atoms with Crippen molar-refractivity contribution < 1.29 is 0 Å². The Labute approximate surface area is 129 Å². The lowest BCUT2D eigenvalue weighted by atomic mass is 10.0. The highest BCUT2D eigenvalue weighted by atomic mass is 35.5. The monoisotopic (exact) mass is 311 g/mol. The van der Waals surface area contributed by atoms with Gasteiger partial charge in [0.15, 0.2) is 0 Å². The zero-order valence-corrected chi connectivity index (χ0v) is 13.2. The van der Waals surface area contributed by atoms with E-state index in [0.29, 0.717) is 10.0 Å². The maximum atomic E-state index is 6.26. The van der Waals surface area contributed by atoms with Crippen molar-refractivity contribution in [2.45, 2.75) is 25.8 Å². The van der Waals surface area contributed by atoms with Crippen LogP contribution in [0.5, 0.6) is 0 Å². The van der Waals surface area contributed by atoms with E-state index in [1.165, 1.54) is 0 Å². The Bertz CT molecular complexity index is 566. The number of hydrogen-bond donors (Lipinski definition) is 1. The highest BCUT2D eigenvalue weighted by molar-refractivity contribution is 6.35. The summed E-state index contributed by atoms with van der Waals surface area (Å²) in [5, 5.41) is 4.89. The second-order valence-corrected chi connectivity index (χ2v) is 5.75. The van der Waals surface area contributed by atoms with E-state index in [2.05, 4.69) is 17.2 Å². The van der Waals surface area contributed by atoms with Crippen LogP contribution in [0.4, 0.5) is 0 Å². The zero-order valence-electron chi connectivity index (χ0n) is 11.7. The first kappa shape index (κ1) is 15.4. The molecule has 0 spiro atoms. The average molecular weight is 312 g/mol. The summed E-state index contributed by atoms with van der Waals surface area (Å²) in [6.45, 7) is 3.10. The molecule has 0 aliphatic rings. The van der Waals surface area contributed by atoms with Crippen LogP contribution < -0.4 is 5.32 Å². The van der Waals surface area contributed by atoms with Gasteiger partial charge in [-0.1, -0.05) is 36.2 Å². The molecule has 0 aliphatic heterocycles. The van der Waals surface area contributed by atoms with E-state index in [1.807, 2.05) is 36.3 Å². The van der Waals surface area contributed by atoms with Crippen LogP contribution in [0.1, 0.15) is 30.6 Å². The number of aromatic nitrogens is 2. The third-order valence-electron chi connectivity index (χ3n) is 3.16. The number of nitrogens with zero attached hydrogens (tertiary/aromatic N) is 2. The van der Waals surface area contributed by atoms with E-state index >= 15 is 0 Å². The molecule has 1 aromatic heterocycles. The molecule has 108 valence electrons. The van der Waals surface area contributed by atoms with Gasteiger partial charge in [-0.15, -0.1) is 0 Å². The number of hydrogen-bond acceptors (Lipinski definition) is 2. The summed E-state index contributed by atoms with van der Waals surface area (Å²) in [6, 6.07) is 5.80. The van der Waals surface area contributed by atoms with Crippen LogP contribution in [0.3, 0.4) is 0 Å². The lowest BCUT2D eigenvalue weighted by molar-refractivity contribution is 0.519. The van der Waals surface area contributed by atoms with Gasteiger partial charge in [0.2, 0.25) is 0 Å². The lowest BCUT2D eigenvalue weighted by Crippen LogP contribution is -2.24. The molecule has 1 N–H and O–H groups in total. The molecule has 5 heteroatoms. The van der Waals surface area contributed by atoms with Crippen LogP contribution in [0.25, 0.3) is 0 Å². The number of benzene rings is 1. The van der Waals surface area contributed by atoms with Crippen molar-refractivity contribution >= 4 is 23.2 Å². The van der Waals surface area contributed by atoms with Crippen LogP contribution in [0.15, 0.2) is 30.7 Å². The third kappa shape index (κ3) is 3.98. The van der Waals surface area contributed by atoms with Gasteiger partial charge < -0.3 is 9.88 Å². The number of rotatable bonds is 6. The molecule has 20 heavy (non-hydrogen) atoms. The highest BCUT2D eigenvalue weighted by Gasteiger charge is 2.15. The maximum absolute atomic E-state index is 6.26. The first-order chi connectivity index (χ1) is 9.60. The van der Waals surface area contributed by atoms with Crippen molar-refractivity contribution in [1.29, 1.82) is 0 Å². The minimum atomic E-state index is 0.162. The van der Waals surface area contributed by atoms with E-state index < -0.39 is 0 Å². The largest absolute Gasteiger partial charge is 0.340 e. The predicted octanol–water partition coefficient (Wildman–Crippen LogP) is 4.01. The van der Waals surface area contributed by atoms with Gasteiger partial charge in [0.1, 0.15) is 0 Å². The first-order valence-corrected chi connectivity index (χ1v) is 7.51.